The molecule has 0 unspecified atom stereocenters. The molecule has 0 bridgehead atoms. The number of anilines is 1. The number of carbonyl (C=O) groups excluding carboxylic acids is 1. The van der Waals surface area contributed by atoms with Crippen LogP contribution in [-0.2, 0) is 14.8 Å². The fourth-order valence-electron chi connectivity index (χ4n) is 3.86. The Morgan fingerprint density at radius 2 is 1.89 bits per heavy atom. The maximum atomic E-state index is 13.6. The van der Waals surface area contributed by atoms with Crippen LogP contribution >= 0.6 is 58.4 Å². The molecule has 1 saturated heterocycles. The van der Waals surface area contributed by atoms with E-state index >= 15 is 0 Å². The van der Waals surface area contributed by atoms with Gasteiger partial charge in [0.2, 0.25) is 5.91 Å². The van der Waals surface area contributed by atoms with E-state index in [9.17, 15) is 13.2 Å². The predicted octanol–water partition coefficient (Wildman–Crippen LogP) is 5.15. The third-order valence-electron chi connectivity index (χ3n) is 5.80. The monoisotopic (exact) mass is 594 g/mol. The highest BCUT2D eigenvalue weighted by Crippen LogP contribution is 2.34. The first-order valence-electron chi connectivity index (χ1n) is 10.8. The number of aromatic nitrogens is 1. The normalized spacial score (nSPS) is 15.5. The average Bonchev–Trinajstić information content (AvgIpc) is 3.45. The summed E-state index contributed by atoms with van der Waals surface area (Å²) >= 11 is 10.2. The van der Waals surface area contributed by atoms with E-state index in [1.165, 1.54) is 21.7 Å². The standard InChI is InChI=1S/C22H27ClN4O3S4.ClH/c1-25(2)12-13-27(22-24-17-5-4-16(31-3)14-18(17)32-22)21(28)15-8-10-26(11-9-15)34(29,30)20-7-6-19(23)33-20;/h4-7,14-15H,8-13H2,1-3H3;1H. The van der Waals surface area contributed by atoms with Gasteiger partial charge in [-0.15, -0.1) is 35.5 Å². The SMILES string of the molecule is CSc1ccc2nc(N(CCN(C)C)C(=O)C3CCN(S(=O)(=O)c4ccc(Cl)s4)CC3)sc2c1.Cl. The van der Waals surface area contributed by atoms with Crippen molar-refractivity contribution >= 4 is 89.7 Å². The number of hydrogen-bond acceptors (Lipinski definition) is 8. The minimum Gasteiger partial charge on any atom is -0.308 e. The van der Waals surface area contributed by atoms with Crippen LogP contribution < -0.4 is 4.90 Å². The van der Waals surface area contributed by atoms with E-state index in [0.29, 0.717) is 48.5 Å². The number of carbonyl (C=O) groups is 1. The van der Waals surface area contributed by atoms with Gasteiger partial charge in [0, 0.05) is 37.0 Å². The number of amides is 1. The van der Waals surface area contributed by atoms with Gasteiger partial charge in [0.15, 0.2) is 5.13 Å². The largest absolute Gasteiger partial charge is 0.308 e. The average molecular weight is 596 g/mol. The number of benzene rings is 1. The first-order chi connectivity index (χ1) is 16.2. The maximum Gasteiger partial charge on any atom is 0.252 e. The lowest BCUT2D eigenvalue weighted by Gasteiger charge is -2.33. The van der Waals surface area contributed by atoms with Gasteiger partial charge < -0.3 is 4.90 Å². The molecule has 13 heteroatoms. The molecule has 3 heterocycles. The van der Waals surface area contributed by atoms with Gasteiger partial charge in [-0.25, -0.2) is 13.4 Å². The number of thioether (sulfide) groups is 1. The van der Waals surface area contributed by atoms with Crippen molar-refractivity contribution in [3.63, 3.8) is 0 Å². The van der Waals surface area contributed by atoms with E-state index < -0.39 is 10.0 Å². The second-order valence-electron chi connectivity index (χ2n) is 8.36. The van der Waals surface area contributed by atoms with Gasteiger partial charge in [0.25, 0.3) is 10.0 Å². The summed E-state index contributed by atoms with van der Waals surface area (Å²) in [6, 6.07) is 9.28. The summed E-state index contributed by atoms with van der Waals surface area (Å²) in [5.74, 6) is -0.225. The summed E-state index contributed by atoms with van der Waals surface area (Å²) < 4.78 is 29.1. The number of hydrogen-bond donors (Lipinski definition) is 0. The lowest BCUT2D eigenvalue weighted by atomic mass is 9.96. The number of halogens is 2. The molecule has 0 aliphatic carbocycles. The zero-order valence-electron chi connectivity index (χ0n) is 19.6. The number of fused-ring (bicyclic) bond motifs is 1. The van der Waals surface area contributed by atoms with E-state index in [2.05, 4.69) is 6.07 Å². The maximum absolute atomic E-state index is 13.6. The van der Waals surface area contributed by atoms with Gasteiger partial charge in [0.1, 0.15) is 4.21 Å². The molecule has 1 fully saturated rings. The van der Waals surface area contributed by atoms with Crippen LogP contribution in [0.5, 0.6) is 0 Å². The molecule has 1 amide bonds. The number of piperidine rings is 1. The van der Waals surface area contributed by atoms with E-state index in [-0.39, 0.29) is 28.4 Å². The van der Waals surface area contributed by atoms with E-state index in [1.807, 2.05) is 37.4 Å². The van der Waals surface area contributed by atoms with Crippen molar-refractivity contribution in [1.82, 2.24) is 14.2 Å². The highest BCUT2D eigenvalue weighted by Gasteiger charge is 2.35. The molecular weight excluding hydrogens is 567 g/mol. The molecule has 1 aliphatic rings. The summed E-state index contributed by atoms with van der Waals surface area (Å²) in [5.41, 5.74) is 0.885. The summed E-state index contributed by atoms with van der Waals surface area (Å²) in [7, 11) is 0.372. The zero-order valence-corrected chi connectivity index (χ0v) is 24.5. The fourth-order valence-corrected chi connectivity index (χ4v) is 8.52. The number of thiazole rings is 1. The molecule has 192 valence electrons. The molecule has 1 aromatic carbocycles. The molecule has 35 heavy (non-hydrogen) atoms. The number of nitrogens with zero attached hydrogens (tertiary/aromatic N) is 4. The van der Waals surface area contributed by atoms with Crippen molar-refractivity contribution in [2.45, 2.75) is 21.9 Å². The third kappa shape index (κ3) is 6.51. The first kappa shape index (κ1) is 28.6. The second kappa shape index (κ2) is 12.1. The van der Waals surface area contributed by atoms with Crippen LogP contribution in [0.3, 0.4) is 0 Å². The zero-order chi connectivity index (χ0) is 24.5. The molecule has 0 N–H and O–H groups in total. The Morgan fingerprint density at radius 3 is 2.49 bits per heavy atom. The summed E-state index contributed by atoms with van der Waals surface area (Å²) in [6.45, 7) is 1.87. The van der Waals surface area contributed by atoms with Crippen molar-refractivity contribution in [3.8, 4) is 0 Å². The first-order valence-corrected chi connectivity index (χ1v) is 15.5. The predicted molar refractivity (Wildman–Crippen MR) is 150 cm³/mol. The molecule has 0 radical (unpaired) electrons. The molecule has 1 aliphatic heterocycles. The van der Waals surface area contributed by atoms with Crippen LogP contribution in [0.2, 0.25) is 4.34 Å². The fraction of sp³-hybridized carbons (Fsp3) is 0.455. The van der Waals surface area contributed by atoms with E-state index in [0.717, 1.165) is 26.4 Å². The van der Waals surface area contributed by atoms with Gasteiger partial charge in [0.05, 0.1) is 14.6 Å². The smallest absolute Gasteiger partial charge is 0.252 e. The van der Waals surface area contributed by atoms with E-state index in [1.54, 1.807) is 22.7 Å². The highest BCUT2D eigenvalue weighted by atomic mass is 35.5. The molecule has 0 atom stereocenters. The highest BCUT2D eigenvalue weighted by molar-refractivity contribution is 7.98. The van der Waals surface area contributed by atoms with Crippen LogP contribution in [0.1, 0.15) is 12.8 Å². The van der Waals surface area contributed by atoms with Crippen molar-refractivity contribution in [1.29, 1.82) is 0 Å². The minimum atomic E-state index is -3.58. The molecular formula is C22H28Cl2N4O3S4. The topological polar surface area (TPSA) is 73.8 Å². The quantitative estimate of drug-likeness (QED) is 0.336. The molecule has 0 spiro atoms. The number of sulfonamides is 1. The van der Waals surface area contributed by atoms with Gasteiger partial charge >= 0.3 is 0 Å². The second-order valence-corrected chi connectivity index (χ2v) is 14.1. The van der Waals surface area contributed by atoms with Crippen LogP contribution in [0.4, 0.5) is 5.13 Å². The van der Waals surface area contributed by atoms with Gasteiger partial charge in [-0.1, -0.05) is 22.9 Å². The van der Waals surface area contributed by atoms with E-state index in [4.69, 9.17) is 16.6 Å². The molecule has 2 aromatic heterocycles. The molecule has 3 aromatic rings. The van der Waals surface area contributed by atoms with Crippen molar-refractivity contribution in [3.05, 3.63) is 34.7 Å². The van der Waals surface area contributed by atoms with Crippen molar-refractivity contribution in [2.24, 2.45) is 5.92 Å². The molecule has 4 rings (SSSR count). The molecule has 0 saturated carbocycles. The number of thiophene rings is 1. The third-order valence-corrected chi connectivity index (χ3v) is 11.2. The molecule has 7 nitrogen and oxygen atoms in total. The van der Waals surface area contributed by atoms with Crippen LogP contribution in [0.15, 0.2) is 39.4 Å². The Kier molecular flexibility index (Phi) is 9.89. The Bertz CT molecular complexity index is 1270. The minimum absolute atomic E-state index is 0. The summed E-state index contributed by atoms with van der Waals surface area (Å²) in [4.78, 5) is 23.4. The van der Waals surface area contributed by atoms with Crippen LogP contribution in [0, 0.1) is 5.92 Å². The van der Waals surface area contributed by atoms with Crippen LogP contribution in [-0.4, -0.2) is 75.0 Å². The lowest BCUT2D eigenvalue weighted by molar-refractivity contribution is -0.123. The Hall–Kier alpha value is -0.920. The Balaban J connectivity index is 0.00000342. The Labute approximate surface area is 229 Å². The van der Waals surface area contributed by atoms with Gasteiger partial charge in [-0.3, -0.25) is 9.69 Å². The summed E-state index contributed by atoms with van der Waals surface area (Å²) in [5, 5.41) is 0.698. The Morgan fingerprint density at radius 1 is 1.17 bits per heavy atom. The summed E-state index contributed by atoms with van der Waals surface area (Å²) in [6.07, 6.45) is 3.00. The van der Waals surface area contributed by atoms with Crippen LogP contribution in [0.25, 0.3) is 10.2 Å². The van der Waals surface area contributed by atoms with Gasteiger partial charge in [-0.05, 0) is 63.5 Å². The van der Waals surface area contributed by atoms with Gasteiger partial charge in [-0.2, -0.15) is 4.31 Å². The van der Waals surface area contributed by atoms with Crippen molar-refractivity contribution in [2.75, 3.05) is 51.4 Å². The lowest BCUT2D eigenvalue weighted by Crippen LogP contribution is -2.45. The van der Waals surface area contributed by atoms with Crippen molar-refractivity contribution < 1.29 is 13.2 Å². The number of likely N-dealkylation sites (N-methyl/N-ethyl adjacent to an activating group) is 1. The number of rotatable bonds is 8.